The highest BCUT2D eigenvalue weighted by atomic mass is 16.2. The van der Waals surface area contributed by atoms with E-state index in [0.717, 1.165) is 37.2 Å². The van der Waals surface area contributed by atoms with E-state index in [4.69, 9.17) is 0 Å². The van der Waals surface area contributed by atoms with Gasteiger partial charge in [0.15, 0.2) is 0 Å². The maximum Gasteiger partial charge on any atom is 0.254 e. The molecule has 1 aliphatic carbocycles. The van der Waals surface area contributed by atoms with E-state index in [1.54, 1.807) is 24.5 Å². The third-order valence-electron chi connectivity index (χ3n) is 4.59. The van der Waals surface area contributed by atoms with Crippen LogP contribution < -0.4 is 0 Å². The largest absolute Gasteiger partial charge is 0.332 e. The maximum absolute atomic E-state index is 13.0. The fraction of sp³-hybridized carbons (Fsp3) is 0.421. The number of rotatable bonds is 5. The molecule has 126 valence electrons. The van der Waals surface area contributed by atoms with Crippen LogP contribution in [0.4, 0.5) is 0 Å². The fourth-order valence-corrected chi connectivity index (χ4v) is 3.14. The summed E-state index contributed by atoms with van der Waals surface area (Å²) < 4.78 is 1.85. The zero-order valence-electron chi connectivity index (χ0n) is 14.4. The summed E-state index contributed by atoms with van der Waals surface area (Å²) in [5.74, 6) is 0.570. The summed E-state index contributed by atoms with van der Waals surface area (Å²) in [6.45, 7) is 3.33. The Morgan fingerprint density at radius 2 is 2.12 bits per heavy atom. The van der Waals surface area contributed by atoms with Crippen LogP contribution in [0.15, 0.2) is 42.7 Å². The van der Waals surface area contributed by atoms with Crippen molar-refractivity contribution in [3.63, 3.8) is 0 Å². The van der Waals surface area contributed by atoms with Crippen LogP contribution >= 0.6 is 0 Å². The second kappa shape index (κ2) is 7.43. The van der Waals surface area contributed by atoms with Crippen LogP contribution in [0.1, 0.15) is 41.0 Å². The van der Waals surface area contributed by atoms with Gasteiger partial charge >= 0.3 is 0 Å². The minimum Gasteiger partial charge on any atom is -0.332 e. The Labute approximate surface area is 143 Å². The van der Waals surface area contributed by atoms with Crippen molar-refractivity contribution in [2.45, 2.75) is 32.7 Å². The van der Waals surface area contributed by atoms with Gasteiger partial charge in [-0.05, 0) is 50.3 Å². The summed E-state index contributed by atoms with van der Waals surface area (Å²) >= 11 is 0. The highest BCUT2D eigenvalue weighted by Crippen LogP contribution is 2.21. The number of hydrogen-bond donors (Lipinski definition) is 0. The van der Waals surface area contributed by atoms with Gasteiger partial charge in [-0.3, -0.25) is 14.5 Å². The van der Waals surface area contributed by atoms with Crippen molar-refractivity contribution < 1.29 is 4.79 Å². The summed E-state index contributed by atoms with van der Waals surface area (Å²) in [5, 5.41) is 4.52. The van der Waals surface area contributed by atoms with Crippen LogP contribution in [0.25, 0.3) is 0 Å². The first-order chi connectivity index (χ1) is 11.6. The first kappa shape index (κ1) is 16.4. The zero-order valence-corrected chi connectivity index (χ0v) is 14.4. The molecule has 2 aromatic rings. The molecule has 0 saturated carbocycles. The van der Waals surface area contributed by atoms with E-state index in [2.05, 4.69) is 22.2 Å². The molecule has 0 aliphatic heterocycles. The molecule has 0 radical (unpaired) electrons. The lowest BCUT2D eigenvalue weighted by atomic mass is 9.93. The Bertz CT molecular complexity index is 701. The second-order valence-corrected chi connectivity index (χ2v) is 6.47. The van der Waals surface area contributed by atoms with Crippen LogP contribution in [0, 0.1) is 12.8 Å². The molecule has 0 saturated heterocycles. The molecule has 5 nitrogen and oxygen atoms in total. The van der Waals surface area contributed by atoms with Gasteiger partial charge in [0.05, 0.1) is 12.2 Å². The molecular weight excluding hydrogens is 300 g/mol. The van der Waals surface area contributed by atoms with Crippen LogP contribution in [0.3, 0.4) is 0 Å². The Morgan fingerprint density at radius 1 is 1.33 bits per heavy atom. The topological polar surface area (TPSA) is 51.0 Å². The van der Waals surface area contributed by atoms with Crippen molar-refractivity contribution in [2.24, 2.45) is 13.0 Å². The number of pyridine rings is 1. The van der Waals surface area contributed by atoms with Crippen LogP contribution in [0.2, 0.25) is 0 Å². The van der Waals surface area contributed by atoms with Gasteiger partial charge in [-0.15, -0.1) is 0 Å². The SMILES string of the molecule is Cc1cc(CN(C[C@H]2CC=CCC2)C(=O)c2ccncc2)nn1C. The van der Waals surface area contributed by atoms with Crippen molar-refractivity contribution in [1.29, 1.82) is 0 Å². The first-order valence-corrected chi connectivity index (χ1v) is 8.47. The van der Waals surface area contributed by atoms with Gasteiger partial charge in [0.2, 0.25) is 0 Å². The number of allylic oxidation sites excluding steroid dienone is 2. The lowest BCUT2D eigenvalue weighted by Gasteiger charge is -2.28. The summed E-state index contributed by atoms with van der Waals surface area (Å²) in [7, 11) is 1.93. The van der Waals surface area contributed by atoms with E-state index in [0.29, 0.717) is 18.0 Å². The number of carbonyl (C=O) groups is 1. The molecular formula is C19H24N4O. The van der Waals surface area contributed by atoms with Crippen molar-refractivity contribution >= 4 is 5.91 Å². The molecule has 0 unspecified atom stereocenters. The van der Waals surface area contributed by atoms with Crippen molar-refractivity contribution in [3.05, 3.63) is 59.7 Å². The van der Waals surface area contributed by atoms with E-state index in [1.165, 1.54) is 0 Å². The normalized spacial score (nSPS) is 17.0. The number of aryl methyl sites for hydroxylation is 2. The predicted octanol–water partition coefficient (Wildman–Crippen LogP) is 3.12. The fourth-order valence-electron chi connectivity index (χ4n) is 3.14. The third-order valence-corrected chi connectivity index (χ3v) is 4.59. The van der Waals surface area contributed by atoms with Gasteiger partial charge in [-0.2, -0.15) is 5.10 Å². The highest BCUT2D eigenvalue weighted by Gasteiger charge is 2.22. The van der Waals surface area contributed by atoms with Gasteiger partial charge in [0.25, 0.3) is 5.91 Å². The highest BCUT2D eigenvalue weighted by molar-refractivity contribution is 5.94. The maximum atomic E-state index is 13.0. The minimum atomic E-state index is 0.0512. The molecule has 5 heteroatoms. The van der Waals surface area contributed by atoms with Crippen LogP contribution in [-0.2, 0) is 13.6 Å². The van der Waals surface area contributed by atoms with E-state index in [9.17, 15) is 4.79 Å². The standard InChI is InChI=1S/C19H24N4O/c1-15-12-18(21-22(15)2)14-23(13-16-6-4-3-5-7-16)19(24)17-8-10-20-11-9-17/h3-4,8-12,16H,5-7,13-14H2,1-2H3/t16-/m0/s1. The molecule has 1 aliphatic rings. The summed E-state index contributed by atoms with van der Waals surface area (Å²) in [5.41, 5.74) is 2.72. The summed E-state index contributed by atoms with van der Waals surface area (Å²) in [6, 6.07) is 5.60. The lowest BCUT2D eigenvalue weighted by molar-refractivity contribution is 0.0707. The molecule has 24 heavy (non-hydrogen) atoms. The summed E-state index contributed by atoms with van der Waals surface area (Å²) in [4.78, 5) is 18.9. The van der Waals surface area contributed by atoms with Gasteiger partial charge in [0, 0.05) is 37.2 Å². The smallest absolute Gasteiger partial charge is 0.254 e. The van der Waals surface area contributed by atoms with Crippen molar-refractivity contribution in [2.75, 3.05) is 6.54 Å². The molecule has 2 heterocycles. The van der Waals surface area contributed by atoms with E-state index >= 15 is 0 Å². The second-order valence-electron chi connectivity index (χ2n) is 6.47. The van der Waals surface area contributed by atoms with Gasteiger partial charge in [-0.25, -0.2) is 0 Å². The average Bonchev–Trinajstić information content (AvgIpc) is 2.93. The van der Waals surface area contributed by atoms with E-state index in [-0.39, 0.29) is 5.91 Å². The monoisotopic (exact) mass is 324 g/mol. The third kappa shape index (κ3) is 3.91. The van der Waals surface area contributed by atoms with E-state index < -0.39 is 0 Å². The molecule has 0 N–H and O–H groups in total. The first-order valence-electron chi connectivity index (χ1n) is 8.47. The number of nitrogens with zero attached hydrogens (tertiary/aromatic N) is 4. The quantitative estimate of drug-likeness (QED) is 0.794. The van der Waals surface area contributed by atoms with Gasteiger partial charge < -0.3 is 4.90 Å². The molecule has 0 bridgehead atoms. The predicted molar refractivity (Wildman–Crippen MR) is 93.4 cm³/mol. The van der Waals surface area contributed by atoms with Crippen LogP contribution in [0.5, 0.6) is 0 Å². The van der Waals surface area contributed by atoms with Gasteiger partial charge in [-0.1, -0.05) is 12.2 Å². The van der Waals surface area contributed by atoms with Crippen molar-refractivity contribution in [3.8, 4) is 0 Å². The molecule has 0 spiro atoms. The average molecular weight is 324 g/mol. The molecule has 1 amide bonds. The van der Waals surface area contributed by atoms with Crippen molar-refractivity contribution in [1.82, 2.24) is 19.7 Å². The molecule has 3 rings (SSSR count). The zero-order chi connectivity index (χ0) is 16.9. The Morgan fingerprint density at radius 3 is 2.75 bits per heavy atom. The summed E-state index contributed by atoms with van der Waals surface area (Å²) in [6.07, 6.45) is 11.1. The number of amides is 1. The van der Waals surface area contributed by atoms with Crippen LogP contribution in [-0.4, -0.2) is 32.1 Å². The molecule has 1 atom stereocenters. The number of hydrogen-bond acceptors (Lipinski definition) is 3. The minimum absolute atomic E-state index is 0.0512. The number of carbonyl (C=O) groups excluding carboxylic acids is 1. The van der Waals surface area contributed by atoms with E-state index in [1.807, 2.05) is 29.6 Å². The molecule has 2 aromatic heterocycles. The Balaban J connectivity index is 1.79. The Hall–Kier alpha value is -2.43. The molecule has 0 aromatic carbocycles. The lowest BCUT2D eigenvalue weighted by Crippen LogP contribution is -2.35. The van der Waals surface area contributed by atoms with Gasteiger partial charge in [0.1, 0.15) is 0 Å². The molecule has 0 fully saturated rings. The Kier molecular flexibility index (Phi) is 5.08. The number of aromatic nitrogens is 3.